The zero-order chi connectivity index (χ0) is 16.0. The van der Waals surface area contributed by atoms with Crippen LogP contribution >= 0.6 is 24.4 Å². The van der Waals surface area contributed by atoms with Crippen LogP contribution in [-0.4, -0.2) is 15.9 Å². The number of ketones is 1. The van der Waals surface area contributed by atoms with E-state index >= 15 is 0 Å². The number of hydrogen-bond acceptors (Lipinski definition) is 3. The molecular formula is C17H15N3OS2. The van der Waals surface area contributed by atoms with Gasteiger partial charge in [-0.15, -0.1) is 0 Å². The molecule has 1 unspecified atom stereocenters. The molecule has 4 nitrogen and oxygen atoms in total. The van der Waals surface area contributed by atoms with Crippen LogP contribution in [0.5, 0.6) is 0 Å². The number of aromatic nitrogens is 1. The molecule has 6 heteroatoms. The van der Waals surface area contributed by atoms with Gasteiger partial charge in [-0.2, -0.15) is 0 Å². The highest BCUT2D eigenvalue weighted by atomic mass is 32.1. The summed E-state index contributed by atoms with van der Waals surface area (Å²) in [5.41, 5.74) is 3.60. The van der Waals surface area contributed by atoms with Crippen LogP contribution in [0.25, 0.3) is 10.9 Å². The summed E-state index contributed by atoms with van der Waals surface area (Å²) in [5.74, 6) is 0.168. The van der Waals surface area contributed by atoms with Gasteiger partial charge in [0.05, 0.1) is 6.04 Å². The van der Waals surface area contributed by atoms with Crippen molar-refractivity contribution in [2.75, 3.05) is 0 Å². The maximum Gasteiger partial charge on any atom is 0.171 e. The zero-order valence-electron chi connectivity index (χ0n) is 12.3. The van der Waals surface area contributed by atoms with E-state index in [0.717, 1.165) is 40.6 Å². The second-order valence-electron chi connectivity index (χ2n) is 5.84. The number of thiocarbonyl (C=S) groups is 1. The van der Waals surface area contributed by atoms with Crippen molar-refractivity contribution in [1.82, 2.24) is 15.6 Å². The number of Topliss-reactive ketones (excluding diaryl/α,β-unsaturated/α-hetero) is 1. The normalized spacial score (nSPS) is 21.0. The van der Waals surface area contributed by atoms with Crippen molar-refractivity contribution < 1.29 is 4.79 Å². The number of rotatable bonds is 1. The van der Waals surface area contributed by atoms with Crippen LogP contribution in [0.4, 0.5) is 0 Å². The molecule has 0 fully saturated rings. The van der Waals surface area contributed by atoms with Crippen molar-refractivity contribution in [1.29, 1.82) is 0 Å². The molecule has 1 aromatic heterocycles. The first-order chi connectivity index (χ1) is 11.1. The molecule has 0 saturated heterocycles. The average Bonchev–Trinajstić information content (AvgIpc) is 2.53. The summed E-state index contributed by atoms with van der Waals surface area (Å²) in [6.45, 7) is 0. The van der Waals surface area contributed by atoms with Crippen LogP contribution in [0.2, 0.25) is 0 Å². The fourth-order valence-electron chi connectivity index (χ4n) is 3.32. The lowest BCUT2D eigenvalue weighted by atomic mass is 9.85. The summed E-state index contributed by atoms with van der Waals surface area (Å²) in [5, 5.41) is 7.97. The largest absolute Gasteiger partial charge is 0.351 e. The van der Waals surface area contributed by atoms with Crippen LogP contribution in [0.15, 0.2) is 41.6 Å². The molecule has 4 rings (SSSR count). The van der Waals surface area contributed by atoms with Crippen molar-refractivity contribution in [2.45, 2.75) is 25.3 Å². The third-order valence-electron chi connectivity index (χ3n) is 4.38. The molecule has 1 aliphatic carbocycles. The number of benzene rings is 1. The fraction of sp³-hybridized carbons (Fsp3) is 0.235. The Labute approximate surface area is 144 Å². The SMILES string of the molecule is O=C1CCCC2=C1C(c1cc3ccccc3[nH]c1=S)NC(=S)N2. The molecule has 1 aromatic carbocycles. The summed E-state index contributed by atoms with van der Waals surface area (Å²) >= 11 is 10.9. The van der Waals surface area contributed by atoms with Crippen molar-refractivity contribution >= 4 is 46.2 Å². The molecule has 3 N–H and O–H groups in total. The molecule has 2 aliphatic rings. The van der Waals surface area contributed by atoms with Crippen LogP contribution < -0.4 is 10.6 Å². The Bertz CT molecular complexity index is 929. The third kappa shape index (κ3) is 2.48. The van der Waals surface area contributed by atoms with Crippen LogP contribution in [-0.2, 0) is 4.79 Å². The second-order valence-corrected chi connectivity index (χ2v) is 6.66. The average molecular weight is 341 g/mol. The first-order valence-corrected chi connectivity index (χ1v) is 8.41. The topological polar surface area (TPSA) is 56.9 Å². The lowest BCUT2D eigenvalue weighted by molar-refractivity contribution is -0.116. The number of pyridine rings is 1. The zero-order valence-corrected chi connectivity index (χ0v) is 13.9. The highest BCUT2D eigenvalue weighted by Crippen LogP contribution is 2.34. The number of para-hydroxylation sites is 1. The monoisotopic (exact) mass is 341 g/mol. The summed E-state index contributed by atoms with van der Waals surface area (Å²) < 4.78 is 0.635. The highest BCUT2D eigenvalue weighted by molar-refractivity contribution is 7.80. The quantitative estimate of drug-likeness (QED) is 0.694. The smallest absolute Gasteiger partial charge is 0.171 e. The number of nitrogens with one attached hydrogen (secondary N) is 3. The van der Waals surface area contributed by atoms with Crippen molar-refractivity contribution in [2.24, 2.45) is 0 Å². The molecule has 2 heterocycles. The molecule has 0 amide bonds. The Kier molecular flexibility index (Phi) is 3.50. The van der Waals surface area contributed by atoms with Crippen molar-refractivity contribution in [3.63, 3.8) is 0 Å². The minimum atomic E-state index is -0.278. The minimum absolute atomic E-state index is 0.168. The van der Waals surface area contributed by atoms with E-state index in [1.54, 1.807) is 0 Å². The fourth-order valence-corrected chi connectivity index (χ4v) is 3.84. The summed E-state index contributed by atoms with van der Waals surface area (Å²) in [6.07, 6.45) is 2.30. The molecular weight excluding hydrogens is 326 g/mol. The number of H-pyrrole nitrogens is 1. The predicted octanol–water partition coefficient (Wildman–Crippen LogP) is 3.42. The molecule has 0 spiro atoms. The Balaban J connectivity index is 1.91. The van der Waals surface area contributed by atoms with Crippen LogP contribution in [0.3, 0.4) is 0 Å². The van der Waals surface area contributed by atoms with Gasteiger partial charge in [0, 0.05) is 28.8 Å². The van der Waals surface area contributed by atoms with Gasteiger partial charge in [-0.25, -0.2) is 0 Å². The van der Waals surface area contributed by atoms with Gasteiger partial charge in [-0.3, -0.25) is 4.79 Å². The summed E-state index contributed by atoms with van der Waals surface area (Å²) in [7, 11) is 0. The third-order valence-corrected chi connectivity index (χ3v) is 4.94. The van der Waals surface area contributed by atoms with Gasteiger partial charge in [0.25, 0.3) is 0 Å². The van der Waals surface area contributed by atoms with E-state index in [1.165, 1.54) is 0 Å². The second kappa shape index (κ2) is 5.54. The predicted molar refractivity (Wildman–Crippen MR) is 96.6 cm³/mol. The molecule has 116 valence electrons. The van der Waals surface area contributed by atoms with Crippen molar-refractivity contribution in [3.05, 3.63) is 51.8 Å². The van der Waals surface area contributed by atoms with Gasteiger partial charge in [-0.1, -0.05) is 30.4 Å². The Hall–Kier alpha value is -2.05. The number of hydrogen-bond donors (Lipinski definition) is 3. The minimum Gasteiger partial charge on any atom is -0.351 e. The van der Waals surface area contributed by atoms with E-state index < -0.39 is 0 Å². The van der Waals surface area contributed by atoms with Gasteiger partial charge in [-0.05, 0) is 42.6 Å². The van der Waals surface area contributed by atoms with E-state index in [0.29, 0.717) is 16.2 Å². The summed E-state index contributed by atoms with van der Waals surface area (Å²) in [6, 6.07) is 9.75. The highest BCUT2D eigenvalue weighted by Gasteiger charge is 2.33. The van der Waals surface area contributed by atoms with Gasteiger partial charge in [0.2, 0.25) is 0 Å². The Morgan fingerprint density at radius 2 is 1.96 bits per heavy atom. The Morgan fingerprint density at radius 3 is 2.83 bits per heavy atom. The van der Waals surface area contributed by atoms with E-state index in [2.05, 4.69) is 15.6 Å². The molecule has 1 atom stereocenters. The summed E-state index contributed by atoms with van der Waals surface area (Å²) in [4.78, 5) is 15.7. The maximum absolute atomic E-state index is 12.5. The maximum atomic E-state index is 12.5. The standard InChI is InChI=1S/C17H15N3OS2/c21-13-7-3-6-12-14(13)15(20-17(23)19-12)10-8-9-4-1-2-5-11(9)18-16(10)22/h1-2,4-5,8,15H,3,6-7H2,(H,18,22)(H2,19,20,23). The van der Waals surface area contributed by atoms with Crippen LogP contribution in [0, 0.1) is 4.64 Å². The lowest BCUT2D eigenvalue weighted by Crippen LogP contribution is -2.46. The molecule has 2 aromatic rings. The van der Waals surface area contributed by atoms with E-state index in [4.69, 9.17) is 24.4 Å². The number of carbonyl (C=O) groups excluding carboxylic acids is 1. The number of aromatic amines is 1. The molecule has 0 bridgehead atoms. The first-order valence-electron chi connectivity index (χ1n) is 7.59. The van der Waals surface area contributed by atoms with Gasteiger partial charge >= 0.3 is 0 Å². The first kappa shape index (κ1) is 14.5. The number of carbonyl (C=O) groups is 1. The van der Waals surface area contributed by atoms with E-state index in [9.17, 15) is 4.79 Å². The Morgan fingerprint density at radius 1 is 1.13 bits per heavy atom. The lowest BCUT2D eigenvalue weighted by Gasteiger charge is -2.33. The number of allylic oxidation sites excluding steroid dienone is 1. The van der Waals surface area contributed by atoms with Gasteiger partial charge < -0.3 is 15.6 Å². The molecule has 1 aliphatic heterocycles. The van der Waals surface area contributed by atoms with E-state index in [1.807, 2.05) is 30.3 Å². The number of fused-ring (bicyclic) bond motifs is 1. The molecule has 0 saturated carbocycles. The van der Waals surface area contributed by atoms with Gasteiger partial charge in [0.15, 0.2) is 10.9 Å². The van der Waals surface area contributed by atoms with Crippen LogP contribution in [0.1, 0.15) is 30.9 Å². The van der Waals surface area contributed by atoms with Crippen molar-refractivity contribution in [3.8, 4) is 0 Å². The molecule has 0 radical (unpaired) electrons. The molecule has 23 heavy (non-hydrogen) atoms. The van der Waals surface area contributed by atoms with E-state index in [-0.39, 0.29) is 11.8 Å². The van der Waals surface area contributed by atoms with Gasteiger partial charge in [0.1, 0.15) is 4.64 Å².